The van der Waals surface area contributed by atoms with Gasteiger partial charge in [0.15, 0.2) is 5.82 Å². The summed E-state index contributed by atoms with van der Waals surface area (Å²) in [5.74, 6) is 0.442. The molecular formula is C11H15N5O. The lowest BCUT2D eigenvalue weighted by atomic mass is 10.0. The SMILES string of the molecule is Cc1n[nH]c(=O)nc1NN/C=C1\CC=CCC1. The first-order chi connectivity index (χ1) is 8.25. The molecule has 6 heteroatoms. The summed E-state index contributed by atoms with van der Waals surface area (Å²) < 4.78 is 0. The molecule has 17 heavy (non-hydrogen) atoms. The average molecular weight is 233 g/mol. The van der Waals surface area contributed by atoms with E-state index in [1.54, 1.807) is 6.92 Å². The fourth-order valence-corrected chi connectivity index (χ4v) is 1.57. The van der Waals surface area contributed by atoms with Crippen molar-refractivity contribution in [1.82, 2.24) is 20.6 Å². The zero-order chi connectivity index (χ0) is 12.1. The number of nitrogens with zero attached hydrogens (tertiary/aromatic N) is 2. The van der Waals surface area contributed by atoms with E-state index < -0.39 is 5.69 Å². The number of hydrogen-bond acceptors (Lipinski definition) is 5. The third kappa shape index (κ3) is 3.17. The van der Waals surface area contributed by atoms with E-state index in [0.29, 0.717) is 11.5 Å². The Morgan fingerprint density at radius 1 is 1.47 bits per heavy atom. The van der Waals surface area contributed by atoms with Crippen molar-refractivity contribution >= 4 is 5.82 Å². The van der Waals surface area contributed by atoms with E-state index in [4.69, 9.17) is 0 Å². The van der Waals surface area contributed by atoms with Gasteiger partial charge in [0, 0.05) is 6.20 Å². The van der Waals surface area contributed by atoms with E-state index in [2.05, 4.69) is 38.2 Å². The highest BCUT2D eigenvalue weighted by Crippen LogP contribution is 2.15. The van der Waals surface area contributed by atoms with Gasteiger partial charge in [0.1, 0.15) is 5.69 Å². The van der Waals surface area contributed by atoms with Crippen LogP contribution < -0.4 is 16.5 Å². The predicted molar refractivity (Wildman–Crippen MR) is 65.2 cm³/mol. The molecular weight excluding hydrogens is 218 g/mol. The second-order valence-electron chi connectivity index (χ2n) is 3.86. The van der Waals surface area contributed by atoms with Crippen molar-refractivity contribution in [3.05, 3.63) is 40.1 Å². The van der Waals surface area contributed by atoms with E-state index >= 15 is 0 Å². The van der Waals surface area contributed by atoms with Crippen molar-refractivity contribution in [2.75, 3.05) is 5.43 Å². The molecule has 0 saturated heterocycles. The Morgan fingerprint density at radius 2 is 2.35 bits per heavy atom. The molecule has 0 aliphatic heterocycles. The fourth-order valence-electron chi connectivity index (χ4n) is 1.57. The zero-order valence-electron chi connectivity index (χ0n) is 9.66. The zero-order valence-corrected chi connectivity index (χ0v) is 9.66. The average Bonchev–Trinajstić information content (AvgIpc) is 2.35. The van der Waals surface area contributed by atoms with Gasteiger partial charge in [0.05, 0.1) is 0 Å². The van der Waals surface area contributed by atoms with E-state index in [9.17, 15) is 4.79 Å². The van der Waals surface area contributed by atoms with Gasteiger partial charge in [0.2, 0.25) is 0 Å². The van der Waals surface area contributed by atoms with Crippen LogP contribution in [-0.2, 0) is 0 Å². The topological polar surface area (TPSA) is 82.7 Å². The van der Waals surface area contributed by atoms with Crippen LogP contribution in [0.15, 0.2) is 28.7 Å². The Kier molecular flexibility index (Phi) is 3.54. The summed E-state index contributed by atoms with van der Waals surface area (Å²) in [6.07, 6.45) is 9.34. The van der Waals surface area contributed by atoms with Crippen LogP contribution in [0, 0.1) is 6.92 Å². The molecule has 6 nitrogen and oxygen atoms in total. The van der Waals surface area contributed by atoms with Gasteiger partial charge >= 0.3 is 5.69 Å². The molecule has 0 bridgehead atoms. The number of aromatic amines is 1. The molecule has 0 saturated carbocycles. The highest BCUT2D eigenvalue weighted by Gasteiger charge is 2.01. The van der Waals surface area contributed by atoms with Crippen LogP contribution in [0.25, 0.3) is 0 Å². The quantitative estimate of drug-likeness (QED) is 0.536. The van der Waals surface area contributed by atoms with Crippen molar-refractivity contribution in [3.8, 4) is 0 Å². The Morgan fingerprint density at radius 3 is 3.12 bits per heavy atom. The third-order valence-corrected chi connectivity index (χ3v) is 2.52. The first-order valence-corrected chi connectivity index (χ1v) is 5.53. The summed E-state index contributed by atoms with van der Waals surface area (Å²) in [5, 5.41) is 6.08. The van der Waals surface area contributed by atoms with E-state index in [0.717, 1.165) is 19.3 Å². The number of H-pyrrole nitrogens is 1. The molecule has 0 amide bonds. The molecule has 0 unspecified atom stereocenters. The summed E-state index contributed by atoms with van der Waals surface area (Å²) in [6, 6.07) is 0. The van der Waals surface area contributed by atoms with E-state index in [-0.39, 0.29) is 0 Å². The van der Waals surface area contributed by atoms with Crippen LogP contribution in [0.1, 0.15) is 25.0 Å². The molecule has 0 radical (unpaired) electrons. The summed E-state index contributed by atoms with van der Waals surface area (Å²) >= 11 is 0. The van der Waals surface area contributed by atoms with Crippen molar-refractivity contribution in [1.29, 1.82) is 0 Å². The van der Waals surface area contributed by atoms with Crippen LogP contribution in [0.2, 0.25) is 0 Å². The van der Waals surface area contributed by atoms with E-state index in [1.807, 2.05) is 6.20 Å². The van der Waals surface area contributed by atoms with Crippen LogP contribution >= 0.6 is 0 Å². The molecule has 3 N–H and O–H groups in total. The smallest absolute Gasteiger partial charge is 0.307 e. The minimum Gasteiger partial charge on any atom is -0.307 e. The highest BCUT2D eigenvalue weighted by molar-refractivity contribution is 5.36. The van der Waals surface area contributed by atoms with Gasteiger partial charge in [-0.3, -0.25) is 5.43 Å². The van der Waals surface area contributed by atoms with Gasteiger partial charge in [-0.1, -0.05) is 12.2 Å². The van der Waals surface area contributed by atoms with Gasteiger partial charge in [0.25, 0.3) is 0 Å². The largest absolute Gasteiger partial charge is 0.363 e. The third-order valence-electron chi connectivity index (χ3n) is 2.52. The lowest BCUT2D eigenvalue weighted by Gasteiger charge is -2.10. The number of aryl methyl sites for hydroxylation is 1. The molecule has 0 atom stereocenters. The van der Waals surface area contributed by atoms with Crippen molar-refractivity contribution in [2.24, 2.45) is 0 Å². The Labute approximate surface area is 98.8 Å². The normalized spacial score (nSPS) is 17.1. The molecule has 90 valence electrons. The molecule has 2 rings (SSSR count). The van der Waals surface area contributed by atoms with Crippen molar-refractivity contribution < 1.29 is 0 Å². The predicted octanol–water partition coefficient (Wildman–Crippen LogP) is 1.01. The Hall–Kier alpha value is -2.11. The summed E-state index contributed by atoms with van der Waals surface area (Å²) in [5.41, 5.74) is 7.28. The molecule has 0 aromatic carbocycles. The molecule has 1 aliphatic carbocycles. The molecule has 1 aromatic heterocycles. The number of hydrazine groups is 1. The lowest BCUT2D eigenvalue weighted by molar-refractivity contribution is 0.847. The van der Waals surface area contributed by atoms with Crippen LogP contribution in [0.4, 0.5) is 5.82 Å². The monoisotopic (exact) mass is 233 g/mol. The Balaban J connectivity index is 1.95. The maximum atomic E-state index is 11.0. The summed E-state index contributed by atoms with van der Waals surface area (Å²) in [7, 11) is 0. The Bertz CT molecular complexity index is 503. The number of nitrogens with one attached hydrogen (secondary N) is 3. The number of hydrogen-bond donors (Lipinski definition) is 3. The second kappa shape index (κ2) is 5.29. The second-order valence-corrected chi connectivity index (χ2v) is 3.86. The minimum absolute atomic E-state index is 0.442. The maximum absolute atomic E-state index is 11.0. The van der Waals surface area contributed by atoms with Gasteiger partial charge < -0.3 is 5.43 Å². The molecule has 1 aromatic rings. The number of rotatable bonds is 3. The minimum atomic E-state index is -0.465. The van der Waals surface area contributed by atoms with Gasteiger partial charge in [-0.15, -0.1) is 0 Å². The lowest BCUT2D eigenvalue weighted by Crippen LogP contribution is -2.23. The van der Waals surface area contributed by atoms with Gasteiger partial charge in [-0.05, 0) is 31.8 Å². The van der Waals surface area contributed by atoms with Crippen LogP contribution in [-0.4, -0.2) is 15.2 Å². The highest BCUT2D eigenvalue weighted by atomic mass is 16.1. The number of allylic oxidation sites excluding steroid dienone is 3. The van der Waals surface area contributed by atoms with Crippen LogP contribution in [0.3, 0.4) is 0 Å². The van der Waals surface area contributed by atoms with Gasteiger partial charge in [-0.2, -0.15) is 10.1 Å². The molecule has 0 fully saturated rings. The first kappa shape index (κ1) is 11.4. The van der Waals surface area contributed by atoms with Crippen molar-refractivity contribution in [2.45, 2.75) is 26.2 Å². The van der Waals surface area contributed by atoms with Crippen molar-refractivity contribution in [3.63, 3.8) is 0 Å². The maximum Gasteiger partial charge on any atom is 0.363 e. The fraction of sp³-hybridized carbons (Fsp3) is 0.364. The van der Waals surface area contributed by atoms with E-state index in [1.165, 1.54) is 5.57 Å². The molecule has 0 spiro atoms. The molecule has 1 aliphatic rings. The number of aromatic nitrogens is 3. The standard InChI is InChI=1S/C11H15N5O/c1-8-10(13-11(17)16-14-8)15-12-7-9-5-3-2-4-6-9/h2-3,7,12H,4-6H2,1H3,(H2,13,15,16,17)/b9-7+. The first-order valence-electron chi connectivity index (χ1n) is 5.53. The molecule has 1 heterocycles. The summed E-state index contributed by atoms with van der Waals surface area (Å²) in [6.45, 7) is 1.77. The van der Waals surface area contributed by atoms with Crippen LogP contribution in [0.5, 0.6) is 0 Å². The summed E-state index contributed by atoms with van der Waals surface area (Å²) in [4.78, 5) is 14.8. The number of anilines is 1. The van der Waals surface area contributed by atoms with Gasteiger partial charge in [-0.25, -0.2) is 9.89 Å².